The number of nitrogens with zero attached hydrogens (tertiary/aromatic N) is 3. The second-order valence-electron chi connectivity index (χ2n) is 8.04. The molecule has 3 aromatic rings. The molecule has 4 rings (SSSR count). The molecule has 6 nitrogen and oxygen atoms in total. The van der Waals surface area contributed by atoms with Gasteiger partial charge in [-0.1, -0.05) is 44.8 Å². The molecule has 0 saturated carbocycles. The van der Waals surface area contributed by atoms with Crippen LogP contribution in [0.15, 0.2) is 62.4 Å². The van der Waals surface area contributed by atoms with Gasteiger partial charge in [-0.2, -0.15) is 4.98 Å². The van der Waals surface area contributed by atoms with Crippen LogP contribution in [0.2, 0.25) is 5.02 Å². The number of amides is 1. The lowest BCUT2D eigenvalue weighted by Gasteiger charge is -2.30. The first-order valence-corrected chi connectivity index (χ1v) is 13.2. The van der Waals surface area contributed by atoms with Gasteiger partial charge in [0.2, 0.25) is 17.6 Å². The van der Waals surface area contributed by atoms with E-state index in [1.165, 1.54) is 4.90 Å². The molecular formula is C24H26BrClN4O2S. The third-order valence-electron chi connectivity index (χ3n) is 5.49. The van der Waals surface area contributed by atoms with Crippen LogP contribution in [-0.2, 0) is 11.3 Å². The molecule has 33 heavy (non-hydrogen) atoms. The summed E-state index contributed by atoms with van der Waals surface area (Å²) >= 11 is 11.2. The Labute approximate surface area is 211 Å². The Morgan fingerprint density at radius 1 is 1.27 bits per heavy atom. The van der Waals surface area contributed by atoms with Crippen LogP contribution in [0.25, 0.3) is 11.4 Å². The van der Waals surface area contributed by atoms with Crippen LogP contribution in [0.5, 0.6) is 0 Å². The number of likely N-dealkylation sites (tertiary alicyclic amines) is 1. The number of hydrogen-bond acceptors (Lipinski definition) is 6. The normalized spacial score (nSPS) is 16.6. The van der Waals surface area contributed by atoms with E-state index >= 15 is 0 Å². The molecule has 2 aromatic carbocycles. The number of piperidine rings is 1. The molecule has 1 saturated heterocycles. The van der Waals surface area contributed by atoms with Crippen LogP contribution in [0.1, 0.15) is 25.2 Å². The summed E-state index contributed by atoms with van der Waals surface area (Å²) in [5.41, 5.74) is 0.907. The van der Waals surface area contributed by atoms with Crippen LogP contribution < -0.4 is 5.32 Å². The first kappa shape index (κ1) is 24.3. The molecule has 174 valence electrons. The summed E-state index contributed by atoms with van der Waals surface area (Å²) in [7, 11) is 0. The predicted molar refractivity (Wildman–Crippen MR) is 135 cm³/mol. The molecule has 1 N–H and O–H groups in total. The van der Waals surface area contributed by atoms with Gasteiger partial charge in [-0.05, 0) is 68.0 Å². The summed E-state index contributed by atoms with van der Waals surface area (Å²) in [6, 6.07) is 15.7. The lowest BCUT2D eigenvalue weighted by molar-refractivity contribution is -0.126. The maximum atomic E-state index is 12.7. The lowest BCUT2D eigenvalue weighted by Crippen LogP contribution is -2.43. The molecule has 1 aromatic heterocycles. The van der Waals surface area contributed by atoms with E-state index in [0.29, 0.717) is 31.3 Å². The number of aromatic nitrogens is 2. The van der Waals surface area contributed by atoms with Gasteiger partial charge in [-0.3, -0.25) is 9.69 Å². The highest BCUT2D eigenvalue weighted by molar-refractivity contribution is 9.10. The first-order chi connectivity index (χ1) is 16.1. The third-order valence-corrected chi connectivity index (χ3v) is 7.33. The molecule has 0 spiro atoms. The van der Waals surface area contributed by atoms with Gasteiger partial charge in [0.15, 0.2) is 0 Å². The van der Waals surface area contributed by atoms with Crippen molar-refractivity contribution >= 4 is 45.2 Å². The smallest absolute Gasteiger partial charge is 0.241 e. The van der Waals surface area contributed by atoms with Crippen molar-refractivity contribution in [3.63, 3.8) is 0 Å². The number of halogens is 2. The van der Waals surface area contributed by atoms with Crippen molar-refractivity contribution in [3.8, 4) is 11.4 Å². The Hall–Kier alpha value is -1.87. The molecule has 1 aliphatic heterocycles. The first-order valence-electron chi connectivity index (χ1n) is 11.0. The Bertz CT molecular complexity index is 1060. The molecule has 1 unspecified atom stereocenters. The minimum Gasteiger partial charge on any atom is -0.356 e. The fourth-order valence-electron chi connectivity index (χ4n) is 3.82. The molecule has 0 bridgehead atoms. The average Bonchev–Trinajstić information content (AvgIpc) is 3.28. The summed E-state index contributed by atoms with van der Waals surface area (Å²) in [5.74, 6) is 2.24. The minimum absolute atomic E-state index is 0.00450. The Balaban J connectivity index is 1.19. The summed E-state index contributed by atoms with van der Waals surface area (Å²) in [4.78, 5) is 20.6. The van der Waals surface area contributed by atoms with Gasteiger partial charge in [0.25, 0.3) is 0 Å². The fraction of sp³-hybridized carbons (Fsp3) is 0.375. The van der Waals surface area contributed by atoms with E-state index in [2.05, 4.69) is 36.3 Å². The molecule has 9 heteroatoms. The van der Waals surface area contributed by atoms with E-state index in [0.717, 1.165) is 46.6 Å². The second kappa shape index (κ2) is 12.0. The van der Waals surface area contributed by atoms with Crippen molar-refractivity contribution in [2.45, 2.75) is 30.7 Å². The van der Waals surface area contributed by atoms with Crippen molar-refractivity contribution in [3.05, 3.63) is 63.9 Å². The van der Waals surface area contributed by atoms with Gasteiger partial charge in [0, 0.05) is 33.0 Å². The predicted octanol–water partition coefficient (Wildman–Crippen LogP) is 5.66. The van der Waals surface area contributed by atoms with Crippen molar-refractivity contribution < 1.29 is 9.32 Å². The number of benzene rings is 2. The molecule has 0 aliphatic carbocycles. The fourth-order valence-corrected chi connectivity index (χ4v) is 5.20. The number of carbonyl (C=O) groups excluding carboxylic acids is 1. The van der Waals surface area contributed by atoms with Gasteiger partial charge < -0.3 is 9.84 Å². The van der Waals surface area contributed by atoms with E-state index in [1.807, 2.05) is 48.5 Å². The molecule has 1 aliphatic rings. The van der Waals surface area contributed by atoms with Gasteiger partial charge in [-0.25, -0.2) is 0 Å². The highest BCUT2D eigenvalue weighted by Crippen LogP contribution is 2.23. The largest absolute Gasteiger partial charge is 0.356 e. The molecule has 2 heterocycles. The summed E-state index contributed by atoms with van der Waals surface area (Å²) in [6.07, 6.45) is 2.82. The monoisotopic (exact) mass is 548 g/mol. The maximum Gasteiger partial charge on any atom is 0.241 e. The van der Waals surface area contributed by atoms with Gasteiger partial charge in [-0.15, -0.1) is 11.8 Å². The number of carbonyl (C=O) groups is 1. The van der Waals surface area contributed by atoms with Crippen LogP contribution in [-0.4, -0.2) is 46.3 Å². The van der Waals surface area contributed by atoms with Crippen LogP contribution in [0.4, 0.5) is 0 Å². The van der Waals surface area contributed by atoms with E-state index in [-0.39, 0.29) is 11.8 Å². The molecule has 1 atom stereocenters. The number of hydrogen-bond donors (Lipinski definition) is 1. The molecule has 1 fully saturated rings. The van der Waals surface area contributed by atoms with Crippen LogP contribution in [0, 0.1) is 5.92 Å². The summed E-state index contributed by atoms with van der Waals surface area (Å²) < 4.78 is 6.44. The zero-order valence-electron chi connectivity index (χ0n) is 18.2. The summed E-state index contributed by atoms with van der Waals surface area (Å²) in [6.45, 7) is 2.88. The van der Waals surface area contributed by atoms with Gasteiger partial charge in [0.1, 0.15) is 0 Å². The van der Waals surface area contributed by atoms with E-state index in [4.69, 9.17) is 16.1 Å². The average molecular weight is 550 g/mol. The minimum atomic E-state index is -0.00450. The van der Waals surface area contributed by atoms with Gasteiger partial charge >= 0.3 is 0 Å². The topological polar surface area (TPSA) is 71.3 Å². The van der Waals surface area contributed by atoms with E-state index in [9.17, 15) is 4.79 Å². The number of rotatable bonds is 9. The Morgan fingerprint density at radius 3 is 2.94 bits per heavy atom. The Morgan fingerprint density at radius 2 is 2.12 bits per heavy atom. The second-order valence-corrected chi connectivity index (χ2v) is 10.6. The van der Waals surface area contributed by atoms with Gasteiger partial charge in [0.05, 0.1) is 12.5 Å². The zero-order valence-corrected chi connectivity index (χ0v) is 21.3. The quantitative estimate of drug-likeness (QED) is 0.274. The van der Waals surface area contributed by atoms with Crippen LogP contribution in [0.3, 0.4) is 0 Å². The van der Waals surface area contributed by atoms with Crippen molar-refractivity contribution in [2.24, 2.45) is 5.92 Å². The van der Waals surface area contributed by atoms with E-state index in [1.54, 1.807) is 11.8 Å². The molecule has 1 amide bonds. The lowest BCUT2D eigenvalue weighted by atomic mass is 9.97. The third kappa shape index (κ3) is 7.30. The zero-order chi connectivity index (χ0) is 23.0. The number of thioether (sulfide) groups is 1. The highest BCUT2D eigenvalue weighted by atomic mass is 79.9. The van der Waals surface area contributed by atoms with Crippen LogP contribution >= 0.6 is 39.3 Å². The SMILES string of the molecule is O=C(NCCCSc1ccc(Cl)cc1)C1CCCN(Cc2nc(-c3cccc(Br)c3)no2)C1. The highest BCUT2D eigenvalue weighted by Gasteiger charge is 2.26. The molecule has 0 radical (unpaired) electrons. The van der Waals surface area contributed by atoms with Crippen molar-refractivity contribution in [2.75, 3.05) is 25.4 Å². The molecular weight excluding hydrogens is 524 g/mol. The number of nitrogens with one attached hydrogen (secondary N) is 1. The van der Waals surface area contributed by atoms with Crippen molar-refractivity contribution in [1.82, 2.24) is 20.4 Å². The van der Waals surface area contributed by atoms with Crippen molar-refractivity contribution in [1.29, 1.82) is 0 Å². The standard InChI is InChI=1S/C24H26BrClN4O2S/c25-19-6-1-4-17(14-19)23-28-22(32-29-23)16-30-12-2-5-18(15-30)24(31)27-11-3-13-33-21-9-7-20(26)8-10-21/h1,4,6-10,14,18H,2-3,5,11-13,15-16H2,(H,27,31). The Kier molecular flexibility index (Phi) is 8.83. The van der Waals surface area contributed by atoms with E-state index < -0.39 is 0 Å². The maximum absolute atomic E-state index is 12.7. The summed E-state index contributed by atoms with van der Waals surface area (Å²) in [5, 5.41) is 7.96.